The Balaban J connectivity index is 1.83. The molecule has 6 nitrogen and oxygen atoms in total. The Morgan fingerprint density at radius 1 is 1.06 bits per heavy atom. The van der Waals surface area contributed by atoms with Crippen molar-refractivity contribution in [3.63, 3.8) is 0 Å². The van der Waals surface area contributed by atoms with Gasteiger partial charge in [0.25, 0.3) is 0 Å². The van der Waals surface area contributed by atoms with Crippen LogP contribution in [0.1, 0.15) is 29.5 Å². The van der Waals surface area contributed by atoms with E-state index in [0.717, 1.165) is 27.8 Å². The van der Waals surface area contributed by atoms with Crippen LogP contribution < -0.4 is 5.32 Å². The molecule has 1 heterocycles. The number of carbonyl (C=O) groups is 2. The average Bonchev–Trinajstić information content (AvgIpc) is 2.77. The fraction of sp³-hybridized carbons (Fsp3) is 0.417. The molecule has 0 aromatic heterocycles. The van der Waals surface area contributed by atoms with Gasteiger partial charge in [-0.3, -0.25) is 4.79 Å². The van der Waals surface area contributed by atoms with E-state index in [1.165, 1.54) is 19.2 Å². The summed E-state index contributed by atoms with van der Waals surface area (Å²) in [5.74, 6) is -0.968. The topological polar surface area (TPSA) is 67.9 Å². The Morgan fingerprint density at radius 2 is 1.71 bits per heavy atom. The van der Waals surface area contributed by atoms with Gasteiger partial charge in [-0.2, -0.15) is 5.06 Å². The van der Waals surface area contributed by atoms with E-state index in [0.29, 0.717) is 25.9 Å². The number of hydrogen-bond donors (Lipinski definition) is 1. The van der Waals surface area contributed by atoms with Crippen molar-refractivity contribution in [2.75, 3.05) is 27.3 Å². The minimum atomic E-state index is -1.06. The van der Waals surface area contributed by atoms with Gasteiger partial charge in [-0.05, 0) is 66.6 Å². The third-order valence-corrected chi connectivity index (χ3v) is 6.11. The first kappa shape index (κ1) is 22.9. The van der Waals surface area contributed by atoms with E-state index >= 15 is 0 Å². The third-order valence-electron chi connectivity index (χ3n) is 6.11. The number of carbonyl (C=O) groups excluding carboxylic acids is 2. The smallest absolute Gasteiger partial charge is 0.331 e. The van der Waals surface area contributed by atoms with Gasteiger partial charge in [-0.15, -0.1) is 0 Å². The van der Waals surface area contributed by atoms with E-state index in [2.05, 4.69) is 5.32 Å². The van der Waals surface area contributed by atoms with Crippen LogP contribution in [-0.2, 0) is 25.6 Å². The van der Waals surface area contributed by atoms with Gasteiger partial charge in [-0.1, -0.05) is 24.3 Å². The van der Waals surface area contributed by atoms with E-state index in [-0.39, 0.29) is 18.1 Å². The molecule has 1 fully saturated rings. The van der Waals surface area contributed by atoms with Crippen LogP contribution in [0.5, 0.6) is 0 Å². The predicted octanol–water partition coefficient (Wildman–Crippen LogP) is 3.34. The lowest BCUT2D eigenvalue weighted by Gasteiger charge is -2.39. The molecule has 0 bridgehead atoms. The molecule has 1 saturated heterocycles. The van der Waals surface area contributed by atoms with Crippen LogP contribution in [-0.4, -0.2) is 49.8 Å². The summed E-state index contributed by atoms with van der Waals surface area (Å²) in [5, 5.41) is 4.71. The van der Waals surface area contributed by atoms with Crippen molar-refractivity contribution in [3.8, 4) is 11.1 Å². The predicted molar refractivity (Wildman–Crippen MR) is 116 cm³/mol. The van der Waals surface area contributed by atoms with Crippen LogP contribution in [0.15, 0.2) is 36.4 Å². The lowest BCUT2D eigenvalue weighted by Crippen LogP contribution is -2.60. The highest BCUT2D eigenvalue weighted by molar-refractivity contribution is 5.89. The first-order valence-electron chi connectivity index (χ1n) is 10.3. The summed E-state index contributed by atoms with van der Waals surface area (Å²) in [5.41, 5.74) is 3.62. The molecule has 0 aliphatic carbocycles. The molecule has 166 valence electrons. The summed E-state index contributed by atoms with van der Waals surface area (Å²) in [6.45, 7) is 4.95. The quantitative estimate of drug-likeness (QED) is 0.715. The van der Waals surface area contributed by atoms with Crippen molar-refractivity contribution < 1.29 is 23.6 Å². The molecular weight excluding hydrogens is 399 g/mol. The second-order valence-electron chi connectivity index (χ2n) is 7.95. The highest BCUT2D eigenvalue weighted by atomic mass is 19.1. The minimum Gasteiger partial charge on any atom is -0.467 e. The van der Waals surface area contributed by atoms with E-state index in [1.807, 2.05) is 26.0 Å². The van der Waals surface area contributed by atoms with E-state index in [9.17, 15) is 14.0 Å². The first-order valence-corrected chi connectivity index (χ1v) is 10.3. The monoisotopic (exact) mass is 428 g/mol. The zero-order valence-corrected chi connectivity index (χ0v) is 18.5. The number of nitrogens with zero attached hydrogens (tertiary/aromatic N) is 1. The molecule has 3 rings (SSSR count). The number of piperidine rings is 1. The van der Waals surface area contributed by atoms with Gasteiger partial charge in [0.1, 0.15) is 11.4 Å². The highest BCUT2D eigenvalue weighted by Crippen LogP contribution is 2.29. The van der Waals surface area contributed by atoms with Gasteiger partial charge in [0.15, 0.2) is 0 Å². The minimum absolute atomic E-state index is 0.138. The number of esters is 1. The molecule has 31 heavy (non-hydrogen) atoms. The lowest BCUT2D eigenvalue weighted by molar-refractivity contribution is -0.171. The molecule has 1 N–H and O–H groups in total. The van der Waals surface area contributed by atoms with Gasteiger partial charge in [0, 0.05) is 13.1 Å². The number of aryl methyl sites for hydroxylation is 1. The Kier molecular flexibility index (Phi) is 7.08. The molecule has 0 radical (unpaired) electrons. The highest BCUT2D eigenvalue weighted by Gasteiger charge is 2.44. The maximum atomic E-state index is 13.3. The summed E-state index contributed by atoms with van der Waals surface area (Å²) >= 11 is 0. The lowest BCUT2D eigenvalue weighted by atomic mass is 9.87. The molecule has 0 spiro atoms. The first-order chi connectivity index (χ1) is 14.8. The molecule has 1 aliphatic heterocycles. The number of methoxy groups -OCH3 is 1. The molecule has 7 heteroatoms. The van der Waals surface area contributed by atoms with Crippen molar-refractivity contribution in [1.82, 2.24) is 10.4 Å². The maximum absolute atomic E-state index is 13.3. The van der Waals surface area contributed by atoms with Crippen molar-refractivity contribution in [3.05, 3.63) is 58.9 Å². The number of hydroxylamine groups is 2. The number of rotatable bonds is 6. The summed E-state index contributed by atoms with van der Waals surface area (Å²) in [6.07, 6.45) is 0.957. The Morgan fingerprint density at radius 3 is 2.29 bits per heavy atom. The Bertz CT molecular complexity index is 951. The molecule has 2 aromatic rings. The standard InChI is InChI=1S/C24H29FN2O4/c1-16-5-10-20(18-6-8-19(25)9-7-18)17(2)21(16)15-22(28)26-24(23(29)30-3)11-13-27(31-4)14-12-24/h5-10H,11-15H2,1-4H3,(H,26,28). The molecule has 1 aliphatic rings. The third kappa shape index (κ3) is 4.94. The second-order valence-corrected chi connectivity index (χ2v) is 7.95. The summed E-state index contributed by atoms with van der Waals surface area (Å²) in [6, 6.07) is 10.2. The van der Waals surface area contributed by atoms with Crippen molar-refractivity contribution in [2.45, 2.75) is 38.6 Å². The average molecular weight is 429 g/mol. The fourth-order valence-corrected chi connectivity index (χ4v) is 4.20. The van der Waals surface area contributed by atoms with Crippen molar-refractivity contribution >= 4 is 11.9 Å². The van der Waals surface area contributed by atoms with Crippen LogP contribution in [0.2, 0.25) is 0 Å². The molecule has 1 amide bonds. The van der Waals surface area contributed by atoms with E-state index in [1.54, 1.807) is 24.3 Å². The number of nitrogens with one attached hydrogen (secondary N) is 1. The van der Waals surface area contributed by atoms with Crippen LogP contribution >= 0.6 is 0 Å². The fourth-order valence-electron chi connectivity index (χ4n) is 4.20. The summed E-state index contributed by atoms with van der Waals surface area (Å²) in [7, 11) is 2.92. The molecule has 0 saturated carbocycles. The van der Waals surface area contributed by atoms with Gasteiger partial charge in [0.05, 0.1) is 20.6 Å². The van der Waals surface area contributed by atoms with Crippen LogP contribution in [0, 0.1) is 19.7 Å². The van der Waals surface area contributed by atoms with Gasteiger partial charge < -0.3 is 14.9 Å². The Labute approximate surface area is 182 Å². The number of amides is 1. The van der Waals surface area contributed by atoms with Crippen LogP contribution in [0.25, 0.3) is 11.1 Å². The second kappa shape index (κ2) is 9.58. The van der Waals surface area contributed by atoms with Crippen LogP contribution in [0.4, 0.5) is 4.39 Å². The number of ether oxygens (including phenoxy) is 1. The molecule has 2 aromatic carbocycles. The summed E-state index contributed by atoms with van der Waals surface area (Å²) in [4.78, 5) is 30.8. The Hall–Kier alpha value is -2.77. The van der Waals surface area contributed by atoms with E-state index in [4.69, 9.17) is 9.57 Å². The normalized spacial score (nSPS) is 16.0. The maximum Gasteiger partial charge on any atom is 0.331 e. The summed E-state index contributed by atoms with van der Waals surface area (Å²) < 4.78 is 18.3. The van der Waals surface area contributed by atoms with Crippen LogP contribution in [0.3, 0.4) is 0 Å². The number of benzene rings is 2. The SMILES string of the molecule is COC(=O)C1(NC(=O)Cc2c(C)ccc(-c3ccc(F)cc3)c2C)CCN(OC)CC1. The van der Waals surface area contributed by atoms with E-state index < -0.39 is 11.5 Å². The largest absolute Gasteiger partial charge is 0.467 e. The number of hydrogen-bond acceptors (Lipinski definition) is 5. The van der Waals surface area contributed by atoms with Crippen molar-refractivity contribution in [2.24, 2.45) is 0 Å². The molecule has 0 atom stereocenters. The van der Waals surface area contributed by atoms with Crippen molar-refractivity contribution in [1.29, 1.82) is 0 Å². The molecular formula is C24H29FN2O4. The molecule has 0 unspecified atom stereocenters. The van der Waals surface area contributed by atoms with Gasteiger partial charge in [0.2, 0.25) is 5.91 Å². The number of halogens is 1. The zero-order chi connectivity index (χ0) is 22.6. The zero-order valence-electron chi connectivity index (χ0n) is 18.5. The van der Waals surface area contributed by atoms with Gasteiger partial charge in [-0.25, -0.2) is 9.18 Å². The van der Waals surface area contributed by atoms with Gasteiger partial charge >= 0.3 is 5.97 Å².